The lowest BCUT2D eigenvalue weighted by atomic mass is 10.0. The second kappa shape index (κ2) is 9.54. The van der Waals surface area contributed by atoms with Gasteiger partial charge in [0.1, 0.15) is 11.5 Å². The van der Waals surface area contributed by atoms with Gasteiger partial charge in [0, 0.05) is 16.2 Å². The summed E-state index contributed by atoms with van der Waals surface area (Å²) >= 11 is 3.40. The molecule has 36 heavy (non-hydrogen) atoms. The Kier molecular flexibility index (Phi) is 6.12. The molecule has 0 radical (unpaired) electrons. The van der Waals surface area contributed by atoms with E-state index in [1.807, 2.05) is 38.1 Å². The van der Waals surface area contributed by atoms with Gasteiger partial charge in [-0.15, -0.1) is 0 Å². The summed E-state index contributed by atoms with van der Waals surface area (Å²) in [5, 5.41) is 26.3. The second-order valence-electron chi connectivity index (χ2n) is 7.75. The molecule has 0 fully saturated rings. The minimum Gasteiger partial charge on any atom is -0.455 e. The number of aryl methyl sites for hydroxylation is 2. The number of benzene rings is 2. The smallest absolute Gasteiger partial charge is 0.280 e. The third-order valence-electron chi connectivity index (χ3n) is 5.28. The molecule has 0 amide bonds. The van der Waals surface area contributed by atoms with Crippen molar-refractivity contribution >= 4 is 56.4 Å². The van der Waals surface area contributed by atoms with Crippen molar-refractivity contribution in [2.24, 2.45) is 5.10 Å². The molecular formula is C23H17BrN8O4. The molecule has 13 heteroatoms. The van der Waals surface area contributed by atoms with Crippen molar-refractivity contribution < 1.29 is 14.0 Å². The van der Waals surface area contributed by atoms with Crippen LogP contribution in [0.3, 0.4) is 0 Å². The lowest BCUT2D eigenvalue weighted by molar-refractivity contribution is -0.384. The van der Waals surface area contributed by atoms with E-state index in [-0.39, 0.29) is 22.8 Å². The fourth-order valence-electron chi connectivity index (χ4n) is 3.35. The molecule has 180 valence electrons. The Balaban J connectivity index is 1.40. The highest BCUT2D eigenvalue weighted by Gasteiger charge is 2.19. The maximum Gasteiger partial charge on any atom is 0.280 e. The predicted molar refractivity (Wildman–Crippen MR) is 136 cm³/mol. The predicted octanol–water partition coefficient (Wildman–Crippen LogP) is 5.75. The Morgan fingerprint density at radius 2 is 1.69 bits per heavy atom. The van der Waals surface area contributed by atoms with E-state index in [0.717, 1.165) is 21.3 Å². The molecule has 0 aliphatic carbocycles. The monoisotopic (exact) mass is 548 g/mol. The molecule has 0 atom stereocenters. The summed E-state index contributed by atoms with van der Waals surface area (Å²) in [6.45, 7) is 3.72. The van der Waals surface area contributed by atoms with E-state index in [1.165, 1.54) is 12.3 Å². The molecule has 3 aromatic heterocycles. The number of nitrogens with one attached hydrogen (secondary N) is 2. The van der Waals surface area contributed by atoms with Gasteiger partial charge >= 0.3 is 0 Å². The van der Waals surface area contributed by atoms with Gasteiger partial charge in [-0.05, 0) is 77.8 Å². The van der Waals surface area contributed by atoms with Crippen molar-refractivity contribution in [2.75, 3.05) is 10.7 Å². The van der Waals surface area contributed by atoms with Crippen LogP contribution in [0, 0.1) is 24.0 Å². The highest BCUT2D eigenvalue weighted by atomic mass is 79.9. The minimum atomic E-state index is -0.423. The molecule has 0 unspecified atom stereocenters. The molecule has 5 aromatic rings. The summed E-state index contributed by atoms with van der Waals surface area (Å²) in [6, 6.07) is 14.1. The lowest BCUT2D eigenvalue weighted by Gasteiger charge is -2.09. The molecule has 0 bridgehead atoms. The molecule has 5 rings (SSSR count). The van der Waals surface area contributed by atoms with Crippen molar-refractivity contribution in [1.82, 2.24) is 20.3 Å². The van der Waals surface area contributed by atoms with Gasteiger partial charge in [-0.1, -0.05) is 15.9 Å². The number of fused-ring (bicyclic) bond motifs is 1. The van der Waals surface area contributed by atoms with Crippen LogP contribution in [-0.4, -0.2) is 31.4 Å². The van der Waals surface area contributed by atoms with E-state index in [1.54, 1.807) is 18.2 Å². The Labute approximate surface area is 211 Å². The van der Waals surface area contributed by atoms with E-state index >= 15 is 0 Å². The quantitative estimate of drug-likeness (QED) is 0.145. The first-order valence-corrected chi connectivity index (χ1v) is 11.3. The second-order valence-corrected chi connectivity index (χ2v) is 8.66. The van der Waals surface area contributed by atoms with Crippen molar-refractivity contribution in [2.45, 2.75) is 13.8 Å². The zero-order chi connectivity index (χ0) is 25.2. The molecule has 0 saturated heterocycles. The lowest BCUT2D eigenvalue weighted by Crippen LogP contribution is -2.03. The van der Waals surface area contributed by atoms with Crippen molar-refractivity contribution in [3.8, 4) is 11.3 Å². The average molecular weight is 549 g/mol. The number of aromatic nitrogens is 4. The zero-order valence-corrected chi connectivity index (χ0v) is 20.5. The van der Waals surface area contributed by atoms with E-state index in [0.29, 0.717) is 22.9 Å². The number of nitrogens with zero attached hydrogens (tertiary/aromatic N) is 6. The van der Waals surface area contributed by atoms with Gasteiger partial charge in [0.15, 0.2) is 11.6 Å². The topological polar surface area (TPSA) is 157 Å². The van der Waals surface area contributed by atoms with Gasteiger partial charge in [0.2, 0.25) is 11.3 Å². The number of furan rings is 1. The molecular weight excluding hydrogens is 532 g/mol. The van der Waals surface area contributed by atoms with E-state index in [9.17, 15) is 10.1 Å². The number of nitro groups is 1. The van der Waals surface area contributed by atoms with Crippen LogP contribution in [0.4, 0.5) is 23.0 Å². The third kappa shape index (κ3) is 4.77. The molecule has 0 saturated carbocycles. The zero-order valence-electron chi connectivity index (χ0n) is 18.9. The summed E-state index contributed by atoms with van der Waals surface area (Å²) in [4.78, 5) is 19.9. The van der Waals surface area contributed by atoms with Crippen LogP contribution in [0.1, 0.15) is 16.9 Å². The van der Waals surface area contributed by atoms with Gasteiger partial charge in [-0.2, -0.15) is 10.1 Å². The maximum atomic E-state index is 11.5. The molecule has 2 N–H and O–H groups in total. The van der Waals surface area contributed by atoms with Gasteiger partial charge in [0.05, 0.1) is 16.7 Å². The van der Waals surface area contributed by atoms with E-state index < -0.39 is 4.92 Å². The average Bonchev–Trinajstić information content (AvgIpc) is 3.51. The number of halogens is 1. The van der Waals surface area contributed by atoms with Crippen LogP contribution >= 0.6 is 15.9 Å². The molecule has 0 aliphatic rings. The first-order chi connectivity index (χ1) is 17.4. The Hall–Kier alpha value is -4.65. The van der Waals surface area contributed by atoms with Crippen molar-refractivity contribution in [3.63, 3.8) is 0 Å². The summed E-state index contributed by atoms with van der Waals surface area (Å²) in [7, 11) is 0. The fraction of sp³-hybridized carbons (Fsp3) is 0.0870. The van der Waals surface area contributed by atoms with Crippen LogP contribution in [0.5, 0.6) is 0 Å². The van der Waals surface area contributed by atoms with Gasteiger partial charge in [-0.3, -0.25) is 15.5 Å². The number of nitro benzene ring substituents is 1. The number of hydrogen-bond acceptors (Lipinski definition) is 11. The van der Waals surface area contributed by atoms with Crippen LogP contribution in [0.25, 0.3) is 22.6 Å². The van der Waals surface area contributed by atoms with Crippen LogP contribution in [-0.2, 0) is 0 Å². The maximum absolute atomic E-state index is 11.5. The van der Waals surface area contributed by atoms with E-state index in [2.05, 4.69) is 52.1 Å². The molecule has 0 aliphatic heterocycles. The summed E-state index contributed by atoms with van der Waals surface area (Å²) < 4.78 is 11.4. The fourth-order valence-corrected chi connectivity index (χ4v) is 3.61. The largest absolute Gasteiger partial charge is 0.455 e. The van der Waals surface area contributed by atoms with E-state index in [4.69, 9.17) is 9.05 Å². The Morgan fingerprint density at radius 3 is 2.42 bits per heavy atom. The summed E-state index contributed by atoms with van der Waals surface area (Å²) in [5.74, 6) is 1.36. The van der Waals surface area contributed by atoms with Crippen molar-refractivity contribution in [1.29, 1.82) is 0 Å². The first-order valence-electron chi connectivity index (χ1n) is 10.6. The SMILES string of the molecule is Cc1cc(-c2ccc(/C=N/Nc3nc4nonc4nc3Nc3ccc(Br)cc3)o2)c([N+](=O)[O-])cc1C. The Bertz CT molecular complexity index is 1610. The number of hydrogen-bond donors (Lipinski definition) is 2. The first kappa shape index (κ1) is 23.1. The highest BCUT2D eigenvalue weighted by Crippen LogP contribution is 2.33. The standard InChI is InChI=1S/C23H17BrN8O4/c1-12-9-17(18(32(33)34)10-13(12)2)19-8-7-16(35-19)11-25-29-21-20(26-15-5-3-14(24)4-6-15)27-22-23(28-21)31-36-30-22/h3-11H,1-2H3,(H,26,27,30)(H,28,29,31)/b25-11+. The molecule has 3 heterocycles. The van der Waals surface area contributed by atoms with Crippen molar-refractivity contribution in [3.05, 3.63) is 80.0 Å². The van der Waals surface area contributed by atoms with Gasteiger partial charge < -0.3 is 9.73 Å². The number of rotatable bonds is 7. The van der Waals surface area contributed by atoms with Gasteiger partial charge in [0.25, 0.3) is 5.69 Å². The summed E-state index contributed by atoms with van der Waals surface area (Å²) in [5.41, 5.74) is 6.14. The van der Waals surface area contributed by atoms with Crippen LogP contribution < -0.4 is 10.7 Å². The summed E-state index contributed by atoms with van der Waals surface area (Å²) in [6.07, 6.45) is 1.42. The molecule has 2 aromatic carbocycles. The minimum absolute atomic E-state index is 0.0254. The molecule has 0 spiro atoms. The van der Waals surface area contributed by atoms with Crippen LogP contribution in [0.2, 0.25) is 0 Å². The van der Waals surface area contributed by atoms with Gasteiger partial charge in [-0.25, -0.2) is 9.61 Å². The number of anilines is 3. The van der Waals surface area contributed by atoms with Crippen LogP contribution in [0.15, 0.2) is 67.2 Å². The number of hydrazone groups is 1. The molecule has 12 nitrogen and oxygen atoms in total. The Morgan fingerprint density at radius 1 is 1.00 bits per heavy atom. The normalized spacial score (nSPS) is 11.3. The third-order valence-corrected chi connectivity index (χ3v) is 5.81. The highest BCUT2D eigenvalue weighted by molar-refractivity contribution is 9.10.